The Morgan fingerprint density at radius 2 is 2.19 bits per heavy atom. The van der Waals surface area contributed by atoms with Crippen molar-refractivity contribution in [2.24, 2.45) is 5.73 Å². The van der Waals surface area contributed by atoms with E-state index in [0.29, 0.717) is 12.1 Å². The zero-order valence-electron chi connectivity index (χ0n) is 12.4. The Balaban J connectivity index is 2.34. The van der Waals surface area contributed by atoms with E-state index in [4.69, 9.17) is 5.73 Å². The molecule has 2 atom stereocenters. The summed E-state index contributed by atoms with van der Waals surface area (Å²) in [6.45, 7) is 4.35. The molecule has 0 bridgehead atoms. The van der Waals surface area contributed by atoms with Gasteiger partial charge in [-0.1, -0.05) is 6.07 Å². The Morgan fingerprint density at radius 3 is 2.81 bits per heavy atom. The number of carbonyl (C=O) groups excluding carboxylic acids is 1. The first-order chi connectivity index (χ1) is 9.91. The van der Waals surface area contributed by atoms with Crippen LogP contribution in [-0.4, -0.2) is 34.4 Å². The highest BCUT2D eigenvalue weighted by Crippen LogP contribution is 2.24. The van der Waals surface area contributed by atoms with Crippen molar-refractivity contribution in [1.29, 1.82) is 0 Å². The molecule has 0 spiro atoms. The van der Waals surface area contributed by atoms with E-state index in [-0.39, 0.29) is 23.7 Å². The third-order valence-electron chi connectivity index (χ3n) is 4.08. The molecule has 1 aliphatic heterocycles. The van der Waals surface area contributed by atoms with E-state index in [1.807, 2.05) is 6.92 Å². The van der Waals surface area contributed by atoms with Crippen molar-refractivity contribution in [3.05, 3.63) is 39.4 Å². The van der Waals surface area contributed by atoms with Gasteiger partial charge in [0.2, 0.25) is 0 Å². The summed E-state index contributed by atoms with van der Waals surface area (Å²) in [7, 11) is 0. The molecule has 1 aliphatic rings. The van der Waals surface area contributed by atoms with E-state index in [9.17, 15) is 14.9 Å². The molecule has 0 aromatic heterocycles. The smallest absolute Gasteiger partial charge is 0.270 e. The van der Waals surface area contributed by atoms with Gasteiger partial charge in [-0.25, -0.2) is 0 Å². The van der Waals surface area contributed by atoms with Crippen molar-refractivity contribution >= 4 is 11.6 Å². The number of nitrogens with zero attached hydrogens (tertiary/aromatic N) is 2. The summed E-state index contributed by atoms with van der Waals surface area (Å²) in [5, 5.41) is 10.9. The average Bonchev–Trinajstić information content (AvgIpc) is 2.46. The largest absolute Gasteiger partial charge is 0.334 e. The molecule has 1 heterocycles. The number of likely N-dealkylation sites (tertiary alicyclic amines) is 1. The molecule has 6 heteroatoms. The van der Waals surface area contributed by atoms with E-state index < -0.39 is 4.92 Å². The van der Waals surface area contributed by atoms with Crippen LogP contribution in [0.15, 0.2) is 18.2 Å². The summed E-state index contributed by atoms with van der Waals surface area (Å²) in [5.74, 6) is -0.154. The topological polar surface area (TPSA) is 89.5 Å². The summed E-state index contributed by atoms with van der Waals surface area (Å²) in [5.41, 5.74) is 7.08. The fourth-order valence-corrected chi connectivity index (χ4v) is 2.86. The SMILES string of the molecule is Cc1ccc([N+](=O)[O-])cc1C(=O)N1CCCCC1C(C)N. The van der Waals surface area contributed by atoms with Gasteiger partial charge in [0.1, 0.15) is 0 Å². The summed E-state index contributed by atoms with van der Waals surface area (Å²) < 4.78 is 0. The van der Waals surface area contributed by atoms with Gasteiger partial charge < -0.3 is 10.6 Å². The Morgan fingerprint density at radius 1 is 1.48 bits per heavy atom. The maximum atomic E-state index is 12.8. The van der Waals surface area contributed by atoms with Crippen LogP contribution in [0.5, 0.6) is 0 Å². The lowest BCUT2D eigenvalue weighted by Crippen LogP contribution is -2.51. The molecule has 1 saturated heterocycles. The fraction of sp³-hybridized carbons (Fsp3) is 0.533. The second-order valence-corrected chi connectivity index (χ2v) is 5.68. The minimum absolute atomic E-state index is 0.00455. The number of aryl methyl sites for hydroxylation is 1. The Hall–Kier alpha value is -1.95. The first-order valence-corrected chi connectivity index (χ1v) is 7.23. The van der Waals surface area contributed by atoms with E-state index in [1.165, 1.54) is 12.1 Å². The Bertz CT molecular complexity index is 557. The molecule has 6 nitrogen and oxygen atoms in total. The molecule has 2 rings (SSSR count). The third kappa shape index (κ3) is 3.21. The normalized spacial score (nSPS) is 20.1. The number of nitro benzene ring substituents is 1. The molecule has 1 aromatic rings. The third-order valence-corrected chi connectivity index (χ3v) is 4.08. The number of hydrogen-bond acceptors (Lipinski definition) is 4. The van der Waals surface area contributed by atoms with Gasteiger partial charge in [-0.15, -0.1) is 0 Å². The maximum absolute atomic E-state index is 12.8. The second kappa shape index (κ2) is 6.22. The van der Waals surface area contributed by atoms with Crippen LogP contribution in [-0.2, 0) is 0 Å². The van der Waals surface area contributed by atoms with Crippen molar-refractivity contribution in [3.8, 4) is 0 Å². The van der Waals surface area contributed by atoms with Gasteiger partial charge in [-0.05, 0) is 38.7 Å². The highest BCUT2D eigenvalue weighted by atomic mass is 16.6. The van der Waals surface area contributed by atoms with Gasteiger partial charge in [-0.3, -0.25) is 14.9 Å². The maximum Gasteiger partial charge on any atom is 0.270 e. The average molecular weight is 291 g/mol. The van der Waals surface area contributed by atoms with Gasteiger partial charge in [-0.2, -0.15) is 0 Å². The van der Waals surface area contributed by atoms with Gasteiger partial charge in [0, 0.05) is 36.3 Å². The molecular formula is C15H21N3O3. The molecular weight excluding hydrogens is 270 g/mol. The first kappa shape index (κ1) is 15.4. The molecule has 2 N–H and O–H groups in total. The highest BCUT2D eigenvalue weighted by molar-refractivity contribution is 5.96. The van der Waals surface area contributed by atoms with Crippen molar-refractivity contribution in [3.63, 3.8) is 0 Å². The quantitative estimate of drug-likeness (QED) is 0.683. The van der Waals surface area contributed by atoms with E-state index >= 15 is 0 Å². The predicted molar refractivity (Wildman–Crippen MR) is 80.2 cm³/mol. The van der Waals surface area contributed by atoms with Gasteiger partial charge >= 0.3 is 0 Å². The molecule has 21 heavy (non-hydrogen) atoms. The zero-order valence-corrected chi connectivity index (χ0v) is 12.4. The van der Waals surface area contributed by atoms with Crippen molar-refractivity contribution in [2.45, 2.75) is 45.2 Å². The van der Waals surface area contributed by atoms with Crippen LogP contribution in [0.3, 0.4) is 0 Å². The van der Waals surface area contributed by atoms with E-state index in [2.05, 4.69) is 0 Å². The standard InChI is InChI=1S/C15H21N3O3/c1-10-6-7-12(18(20)21)9-13(10)15(19)17-8-4-3-5-14(17)11(2)16/h6-7,9,11,14H,3-5,8,16H2,1-2H3. The lowest BCUT2D eigenvalue weighted by atomic mass is 9.95. The number of nitro groups is 1. The Labute approximate surface area is 124 Å². The van der Waals surface area contributed by atoms with Crippen molar-refractivity contribution < 1.29 is 9.72 Å². The number of amides is 1. The molecule has 0 aliphatic carbocycles. The van der Waals surface area contributed by atoms with Crippen molar-refractivity contribution in [2.75, 3.05) is 6.54 Å². The van der Waals surface area contributed by atoms with Gasteiger partial charge in [0.25, 0.3) is 11.6 Å². The van der Waals surface area contributed by atoms with Crippen LogP contribution in [0.25, 0.3) is 0 Å². The summed E-state index contributed by atoms with van der Waals surface area (Å²) >= 11 is 0. The molecule has 2 unspecified atom stereocenters. The summed E-state index contributed by atoms with van der Waals surface area (Å²) in [6, 6.07) is 4.31. The minimum Gasteiger partial charge on any atom is -0.334 e. The number of nitrogens with two attached hydrogens (primary N) is 1. The summed E-state index contributed by atoms with van der Waals surface area (Å²) in [6.07, 6.45) is 2.89. The fourth-order valence-electron chi connectivity index (χ4n) is 2.86. The lowest BCUT2D eigenvalue weighted by molar-refractivity contribution is -0.384. The zero-order chi connectivity index (χ0) is 15.6. The molecule has 1 fully saturated rings. The first-order valence-electron chi connectivity index (χ1n) is 7.23. The monoisotopic (exact) mass is 291 g/mol. The minimum atomic E-state index is -0.477. The summed E-state index contributed by atoms with van der Waals surface area (Å²) in [4.78, 5) is 25.0. The molecule has 0 saturated carbocycles. The molecule has 114 valence electrons. The van der Waals surface area contributed by atoms with Crippen LogP contribution in [0.1, 0.15) is 42.1 Å². The number of hydrogen-bond donors (Lipinski definition) is 1. The van der Waals surface area contributed by atoms with E-state index in [1.54, 1.807) is 17.9 Å². The number of carbonyl (C=O) groups is 1. The second-order valence-electron chi connectivity index (χ2n) is 5.68. The number of piperidine rings is 1. The molecule has 0 radical (unpaired) electrons. The number of rotatable bonds is 3. The van der Waals surface area contributed by atoms with Gasteiger partial charge in [0.05, 0.1) is 4.92 Å². The highest BCUT2D eigenvalue weighted by Gasteiger charge is 2.31. The Kier molecular flexibility index (Phi) is 4.57. The lowest BCUT2D eigenvalue weighted by Gasteiger charge is -2.38. The van der Waals surface area contributed by atoms with E-state index in [0.717, 1.165) is 24.8 Å². The molecule has 1 aromatic carbocycles. The van der Waals surface area contributed by atoms with Crippen LogP contribution >= 0.6 is 0 Å². The molecule has 1 amide bonds. The van der Waals surface area contributed by atoms with Crippen molar-refractivity contribution in [1.82, 2.24) is 4.90 Å². The van der Waals surface area contributed by atoms with Crippen LogP contribution in [0, 0.1) is 17.0 Å². The number of benzene rings is 1. The van der Waals surface area contributed by atoms with Crippen LogP contribution < -0.4 is 5.73 Å². The van der Waals surface area contributed by atoms with Crippen LogP contribution in [0.4, 0.5) is 5.69 Å². The van der Waals surface area contributed by atoms with Gasteiger partial charge in [0.15, 0.2) is 0 Å². The predicted octanol–water partition coefficient (Wildman–Crippen LogP) is 2.25. The number of non-ortho nitro benzene ring substituents is 1. The van der Waals surface area contributed by atoms with Crippen LogP contribution in [0.2, 0.25) is 0 Å².